The Bertz CT molecular complexity index is 1220. The van der Waals surface area contributed by atoms with Gasteiger partial charge in [-0.3, -0.25) is 4.79 Å². The second-order valence-electron chi connectivity index (χ2n) is 6.33. The fraction of sp³-hybridized carbons (Fsp3) is 0. The van der Waals surface area contributed by atoms with Crippen molar-refractivity contribution in [1.82, 2.24) is 10.4 Å². The average Bonchev–Trinajstić information content (AvgIpc) is 2.73. The molecule has 1 heterocycles. The molecule has 0 spiro atoms. The van der Waals surface area contributed by atoms with E-state index < -0.39 is 5.91 Å². The number of hydrazone groups is 1. The number of benzene rings is 3. The topological polar surface area (TPSA) is 54.4 Å². The third-order valence-corrected chi connectivity index (χ3v) is 4.33. The van der Waals surface area contributed by atoms with E-state index in [1.165, 1.54) is 30.5 Å². The smallest absolute Gasteiger partial charge is 0.267 e. The van der Waals surface area contributed by atoms with Crippen molar-refractivity contribution in [2.75, 3.05) is 0 Å². The van der Waals surface area contributed by atoms with Gasteiger partial charge in [-0.15, -0.1) is 0 Å². The van der Waals surface area contributed by atoms with Crippen LogP contribution in [0.1, 0.15) is 15.9 Å². The third-order valence-electron chi connectivity index (χ3n) is 4.33. The van der Waals surface area contributed by atoms with Crippen molar-refractivity contribution >= 4 is 23.0 Å². The number of halogens is 2. The van der Waals surface area contributed by atoms with Crippen molar-refractivity contribution in [3.63, 3.8) is 0 Å². The summed E-state index contributed by atoms with van der Waals surface area (Å²) in [6.07, 6.45) is 1.37. The monoisotopic (exact) mass is 387 g/mol. The minimum Gasteiger partial charge on any atom is -0.267 e. The highest BCUT2D eigenvalue weighted by Gasteiger charge is 2.13. The Labute approximate surface area is 165 Å². The van der Waals surface area contributed by atoms with Gasteiger partial charge in [-0.1, -0.05) is 30.3 Å². The second-order valence-corrected chi connectivity index (χ2v) is 6.33. The number of carbonyl (C=O) groups excluding carboxylic acids is 1. The lowest BCUT2D eigenvalue weighted by Crippen LogP contribution is -2.18. The van der Waals surface area contributed by atoms with Crippen molar-refractivity contribution in [1.29, 1.82) is 0 Å². The van der Waals surface area contributed by atoms with Crippen LogP contribution in [0.15, 0.2) is 84.0 Å². The number of hydrogen-bond donors (Lipinski definition) is 1. The van der Waals surface area contributed by atoms with Crippen molar-refractivity contribution in [3.8, 4) is 11.3 Å². The molecule has 142 valence electrons. The lowest BCUT2D eigenvalue weighted by atomic mass is 10.0. The first-order chi connectivity index (χ1) is 14.1. The van der Waals surface area contributed by atoms with Gasteiger partial charge in [-0.05, 0) is 54.1 Å². The molecule has 0 bridgehead atoms. The van der Waals surface area contributed by atoms with Gasteiger partial charge in [-0.25, -0.2) is 19.2 Å². The van der Waals surface area contributed by atoms with Crippen molar-refractivity contribution in [2.45, 2.75) is 0 Å². The van der Waals surface area contributed by atoms with Crippen molar-refractivity contribution in [2.24, 2.45) is 5.10 Å². The molecule has 4 rings (SSSR count). The Morgan fingerprint density at radius 1 is 0.897 bits per heavy atom. The Kier molecular flexibility index (Phi) is 5.07. The predicted octanol–water partition coefficient (Wildman–Crippen LogP) is 4.94. The van der Waals surface area contributed by atoms with E-state index in [1.807, 2.05) is 12.1 Å². The normalized spacial score (nSPS) is 11.1. The van der Waals surface area contributed by atoms with Crippen molar-refractivity contribution < 1.29 is 13.6 Å². The number of fused-ring (bicyclic) bond motifs is 1. The number of nitrogens with zero attached hydrogens (tertiary/aromatic N) is 2. The van der Waals surface area contributed by atoms with Gasteiger partial charge in [0, 0.05) is 10.9 Å². The van der Waals surface area contributed by atoms with Crippen LogP contribution >= 0.6 is 0 Å². The quantitative estimate of drug-likeness (QED) is 0.398. The van der Waals surface area contributed by atoms with E-state index in [0.29, 0.717) is 33.3 Å². The zero-order chi connectivity index (χ0) is 20.2. The zero-order valence-corrected chi connectivity index (χ0v) is 15.1. The molecule has 0 saturated carbocycles. The first-order valence-electron chi connectivity index (χ1n) is 8.85. The fourth-order valence-electron chi connectivity index (χ4n) is 2.94. The molecule has 1 amide bonds. The molecule has 4 nitrogen and oxygen atoms in total. The van der Waals surface area contributed by atoms with E-state index >= 15 is 0 Å². The highest BCUT2D eigenvalue weighted by atomic mass is 19.1. The Balaban J connectivity index is 1.68. The van der Waals surface area contributed by atoms with E-state index in [0.717, 1.165) is 0 Å². The molecule has 29 heavy (non-hydrogen) atoms. The van der Waals surface area contributed by atoms with Crippen LogP contribution in [0.4, 0.5) is 8.78 Å². The molecule has 0 fully saturated rings. The van der Waals surface area contributed by atoms with E-state index in [9.17, 15) is 13.6 Å². The molecule has 0 aliphatic heterocycles. The molecule has 0 atom stereocenters. The van der Waals surface area contributed by atoms with Crippen molar-refractivity contribution in [3.05, 3.63) is 102 Å². The molecule has 0 saturated heterocycles. The van der Waals surface area contributed by atoms with Crippen LogP contribution in [0.25, 0.3) is 22.2 Å². The molecule has 6 heteroatoms. The number of hydrogen-bond acceptors (Lipinski definition) is 3. The Morgan fingerprint density at radius 3 is 2.48 bits per heavy atom. The summed E-state index contributed by atoms with van der Waals surface area (Å²) in [5.41, 5.74) is 5.24. The first-order valence-corrected chi connectivity index (χ1v) is 8.85. The lowest BCUT2D eigenvalue weighted by molar-refractivity contribution is 0.0956. The van der Waals surface area contributed by atoms with Gasteiger partial charge in [0.2, 0.25) is 0 Å². The fourth-order valence-corrected chi connectivity index (χ4v) is 2.94. The lowest BCUT2D eigenvalue weighted by Gasteiger charge is -2.09. The summed E-state index contributed by atoms with van der Waals surface area (Å²) < 4.78 is 26.5. The molecule has 0 aliphatic rings. The van der Waals surface area contributed by atoms with Crippen LogP contribution in [-0.2, 0) is 0 Å². The van der Waals surface area contributed by atoms with Crippen LogP contribution in [0.5, 0.6) is 0 Å². The van der Waals surface area contributed by atoms with Gasteiger partial charge in [0.15, 0.2) is 0 Å². The first kappa shape index (κ1) is 18.4. The molecule has 4 aromatic rings. The standard InChI is InChI=1S/C23H15F2N3O/c24-17-10-8-16(9-11-17)22-13-20(19-6-1-2-7-21(19)27-22)23(29)28-26-14-15-4-3-5-18(25)12-15/h1-14H,(H,28,29). The summed E-state index contributed by atoms with van der Waals surface area (Å²) in [5.74, 6) is -1.16. The Hall–Kier alpha value is -3.93. The summed E-state index contributed by atoms with van der Waals surface area (Å²) >= 11 is 0. The largest absolute Gasteiger partial charge is 0.272 e. The SMILES string of the molecule is O=C(NN=Cc1cccc(F)c1)c1cc(-c2ccc(F)cc2)nc2ccccc12. The maximum atomic E-state index is 13.2. The maximum absolute atomic E-state index is 13.2. The predicted molar refractivity (Wildman–Crippen MR) is 109 cm³/mol. The highest BCUT2D eigenvalue weighted by molar-refractivity contribution is 6.07. The maximum Gasteiger partial charge on any atom is 0.272 e. The molecule has 0 unspecified atom stereocenters. The van der Waals surface area contributed by atoms with Crippen LogP contribution in [0, 0.1) is 11.6 Å². The molecule has 1 aromatic heterocycles. The molecule has 1 N–H and O–H groups in total. The van der Waals surface area contributed by atoms with Crippen LogP contribution in [0.2, 0.25) is 0 Å². The average molecular weight is 387 g/mol. The molecule has 0 aliphatic carbocycles. The van der Waals surface area contributed by atoms with E-state index in [4.69, 9.17) is 0 Å². The molecule has 3 aromatic carbocycles. The number of pyridine rings is 1. The van der Waals surface area contributed by atoms with Gasteiger partial charge in [0.05, 0.1) is 23.0 Å². The number of carbonyl (C=O) groups is 1. The Morgan fingerprint density at radius 2 is 1.69 bits per heavy atom. The summed E-state index contributed by atoms with van der Waals surface area (Å²) in [6.45, 7) is 0. The summed E-state index contributed by atoms with van der Waals surface area (Å²) in [6, 6.07) is 20.6. The van der Waals surface area contributed by atoms with Gasteiger partial charge in [0.1, 0.15) is 11.6 Å². The number of rotatable bonds is 4. The summed E-state index contributed by atoms with van der Waals surface area (Å²) in [5, 5.41) is 4.58. The highest BCUT2D eigenvalue weighted by Crippen LogP contribution is 2.25. The third kappa shape index (κ3) is 4.16. The number of aromatic nitrogens is 1. The van der Waals surface area contributed by atoms with Crippen LogP contribution in [0.3, 0.4) is 0 Å². The minimum absolute atomic E-state index is 0.348. The molecular formula is C23H15F2N3O. The van der Waals surface area contributed by atoms with Gasteiger partial charge in [0.25, 0.3) is 5.91 Å². The van der Waals surface area contributed by atoms with Gasteiger partial charge >= 0.3 is 0 Å². The van der Waals surface area contributed by atoms with Crippen LogP contribution < -0.4 is 5.43 Å². The zero-order valence-electron chi connectivity index (χ0n) is 15.1. The summed E-state index contributed by atoms with van der Waals surface area (Å²) in [4.78, 5) is 17.3. The second kappa shape index (κ2) is 7.98. The number of amides is 1. The van der Waals surface area contributed by atoms with E-state index in [-0.39, 0.29) is 11.6 Å². The molecular weight excluding hydrogens is 372 g/mol. The molecule has 0 radical (unpaired) electrons. The van der Waals surface area contributed by atoms with E-state index in [1.54, 1.807) is 42.5 Å². The number of nitrogens with one attached hydrogen (secondary N) is 1. The van der Waals surface area contributed by atoms with Crippen LogP contribution in [-0.4, -0.2) is 17.1 Å². The summed E-state index contributed by atoms with van der Waals surface area (Å²) in [7, 11) is 0. The van der Waals surface area contributed by atoms with E-state index in [2.05, 4.69) is 15.5 Å². The minimum atomic E-state index is -0.431. The van der Waals surface area contributed by atoms with Gasteiger partial charge < -0.3 is 0 Å². The number of para-hydroxylation sites is 1. The van der Waals surface area contributed by atoms with Gasteiger partial charge in [-0.2, -0.15) is 5.10 Å².